The van der Waals surface area contributed by atoms with Gasteiger partial charge in [-0.3, -0.25) is 4.90 Å². The standard InChI is InChI=1S/C15H25NO5/c1-10-6-5-7-15(8-10)16(11(9-20-15)12(17)18)13(19)21-14(2,3)4/h10-11H,5-9H2,1-4H3,(H,17,18). The van der Waals surface area contributed by atoms with Gasteiger partial charge < -0.3 is 14.6 Å². The van der Waals surface area contributed by atoms with E-state index in [0.29, 0.717) is 18.8 Å². The topological polar surface area (TPSA) is 76.1 Å². The minimum Gasteiger partial charge on any atom is -0.480 e. The van der Waals surface area contributed by atoms with Crippen molar-refractivity contribution in [1.29, 1.82) is 0 Å². The Morgan fingerprint density at radius 2 is 2.05 bits per heavy atom. The highest BCUT2D eigenvalue weighted by Gasteiger charge is 2.55. The maximum atomic E-state index is 12.5. The zero-order valence-electron chi connectivity index (χ0n) is 13.2. The van der Waals surface area contributed by atoms with Gasteiger partial charge in [0, 0.05) is 0 Å². The highest BCUT2D eigenvalue weighted by Crippen LogP contribution is 2.43. The molecule has 1 N–H and O–H groups in total. The molecule has 120 valence electrons. The summed E-state index contributed by atoms with van der Waals surface area (Å²) >= 11 is 0. The quantitative estimate of drug-likeness (QED) is 0.805. The third-order valence-electron chi connectivity index (χ3n) is 4.07. The first-order valence-corrected chi connectivity index (χ1v) is 7.54. The Balaban J connectivity index is 2.28. The van der Waals surface area contributed by atoms with Crippen LogP contribution in [0.5, 0.6) is 0 Å². The molecule has 0 aromatic heterocycles. The van der Waals surface area contributed by atoms with Crippen LogP contribution < -0.4 is 0 Å². The maximum Gasteiger partial charge on any atom is 0.413 e. The number of rotatable bonds is 1. The van der Waals surface area contributed by atoms with E-state index in [-0.39, 0.29) is 6.61 Å². The van der Waals surface area contributed by atoms with Crippen molar-refractivity contribution in [3.63, 3.8) is 0 Å². The molecule has 6 heteroatoms. The predicted molar refractivity (Wildman–Crippen MR) is 75.8 cm³/mol. The van der Waals surface area contributed by atoms with E-state index in [1.807, 2.05) is 0 Å². The predicted octanol–water partition coefficient (Wildman–Crippen LogP) is 2.61. The van der Waals surface area contributed by atoms with Crippen LogP contribution in [-0.2, 0) is 14.3 Å². The smallest absolute Gasteiger partial charge is 0.413 e. The summed E-state index contributed by atoms with van der Waals surface area (Å²) in [4.78, 5) is 25.3. The van der Waals surface area contributed by atoms with Crippen LogP contribution in [0.4, 0.5) is 4.79 Å². The van der Waals surface area contributed by atoms with Crippen molar-refractivity contribution in [2.75, 3.05) is 6.61 Å². The molecular formula is C15H25NO5. The van der Waals surface area contributed by atoms with Gasteiger partial charge in [-0.05, 0) is 46.0 Å². The van der Waals surface area contributed by atoms with Gasteiger partial charge in [-0.25, -0.2) is 9.59 Å². The Kier molecular flexibility index (Phi) is 4.19. The molecule has 1 spiro atoms. The van der Waals surface area contributed by atoms with E-state index >= 15 is 0 Å². The molecule has 1 aliphatic heterocycles. The lowest BCUT2D eigenvalue weighted by Crippen LogP contribution is -2.56. The van der Waals surface area contributed by atoms with Crippen molar-refractivity contribution in [2.45, 2.75) is 70.7 Å². The van der Waals surface area contributed by atoms with Gasteiger partial charge >= 0.3 is 12.1 Å². The second-order valence-electron chi connectivity index (χ2n) is 7.16. The van der Waals surface area contributed by atoms with E-state index in [1.54, 1.807) is 20.8 Å². The van der Waals surface area contributed by atoms with Crippen molar-refractivity contribution in [3.8, 4) is 0 Å². The first-order chi connectivity index (χ1) is 9.65. The fraction of sp³-hybridized carbons (Fsp3) is 0.867. The molecule has 1 saturated heterocycles. The highest BCUT2D eigenvalue weighted by atomic mass is 16.6. The summed E-state index contributed by atoms with van der Waals surface area (Å²) in [6.45, 7) is 7.45. The van der Waals surface area contributed by atoms with Gasteiger partial charge in [0.1, 0.15) is 11.3 Å². The van der Waals surface area contributed by atoms with Crippen LogP contribution in [0.1, 0.15) is 53.4 Å². The molecule has 1 heterocycles. The molecule has 1 amide bonds. The van der Waals surface area contributed by atoms with E-state index < -0.39 is 29.4 Å². The Hall–Kier alpha value is -1.30. The van der Waals surface area contributed by atoms with Gasteiger partial charge in [0.15, 0.2) is 6.04 Å². The van der Waals surface area contributed by atoms with Gasteiger partial charge in [0.05, 0.1) is 6.61 Å². The van der Waals surface area contributed by atoms with Crippen molar-refractivity contribution in [3.05, 3.63) is 0 Å². The van der Waals surface area contributed by atoms with Crippen LogP contribution in [0.2, 0.25) is 0 Å². The molecular weight excluding hydrogens is 274 g/mol. The molecule has 0 aromatic rings. The SMILES string of the molecule is CC1CCCC2(C1)OCC(C(=O)O)N2C(=O)OC(C)(C)C. The summed E-state index contributed by atoms with van der Waals surface area (Å²) in [5.74, 6) is -0.646. The number of nitrogens with zero attached hydrogens (tertiary/aromatic N) is 1. The zero-order valence-corrected chi connectivity index (χ0v) is 13.2. The summed E-state index contributed by atoms with van der Waals surface area (Å²) in [7, 11) is 0. The van der Waals surface area contributed by atoms with Gasteiger partial charge in [-0.1, -0.05) is 13.3 Å². The average molecular weight is 299 g/mol. The molecule has 3 atom stereocenters. The number of carboxylic acids is 1. The van der Waals surface area contributed by atoms with Gasteiger partial charge in [0.2, 0.25) is 0 Å². The lowest BCUT2D eigenvalue weighted by Gasteiger charge is -2.43. The fourth-order valence-corrected chi connectivity index (χ4v) is 3.27. The van der Waals surface area contributed by atoms with E-state index in [9.17, 15) is 14.7 Å². The van der Waals surface area contributed by atoms with Crippen LogP contribution in [0, 0.1) is 5.92 Å². The molecule has 1 saturated carbocycles. The third-order valence-corrected chi connectivity index (χ3v) is 4.07. The largest absolute Gasteiger partial charge is 0.480 e. The summed E-state index contributed by atoms with van der Waals surface area (Å²) < 4.78 is 11.2. The van der Waals surface area contributed by atoms with E-state index in [0.717, 1.165) is 12.8 Å². The Bertz CT molecular complexity index is 430. The number of carbonyl (C=O) groups excluding carboxylic acids is 1. The molecule has 21 heavy (non-hydrogen) atoms. The molecule has 0 aromatic carbocycles. The van der Waals surface area contributed by atoms with Gasteiger partial charge in [-0.2, -0.15) is 0 Å². The van der Waals surface area contributed by atoms with Crippen LogP contribution in [0.3, 0.4) is 0 Å². The summed E-state index contributed by atoms with van der Waals surface area (Å²) in [6, 6.07) is -0.967. The number of carbonyl (C=O) groups is 2. The number of aliphatic carboxylic acids is 1. The van der Waals surface area contributed by atoms with E-state index in [1.165, 1.54) is 4.90 Å². The monoisotopic (exact) mass is 299 g/mol. The van der Waals surface area contributed by atoms with Crippen molar-refractivity contribution in [2.24, 2.45) is 5.92 Å². The first kappa shape index (κ1) is 16.1. The number of hydrogen-bond acceptors (Lipinski definition) is 4. The fourth-order valence-electron chi connectivity index (χ4n) is 3.27. The van der Waals surface area contributed by atoms with Crippen molar-refractivity contribution in [1.82, 2.24) is 4.90 Å². The van der Waals surface area contributed by atoms with E-state index in [2.05, 4.69) is 6.92 Å². The molecule has 3 unspecified atom stereocenters. The van der Waals surface area contributed by atoms with Crippen LogP contribution in [-0.4, -0.2) is 46.0 Å². The van der Waals surface area contributed by atoms with Crippen LogP contribution >= 0.6 is 0 Å². The van der Waals surface area contributed by atoms with Crippen molar-refractivity contribution < 1.29 is 24.2 Å². The Labute approximate surface area is 125 Å². The zero-order chi connectivity index (χ0) is 15.8. The van der Waals surface area contributed by atoms with E-state index in [4.69, 9.17) is 9.47 Å². The number of ether oxygens (including phenoxy) is 2. The number of amides is 1. The molecule has 1 aliphatic carbocycles. The third kappa shape index (κ3) is 3.31. The Morgan fingerprint density at radius 1 is 1.38 bits per heavy atom. The first-order valence-electron chi connectivity index (χ1n) is 7.54. The molecule has 2 fully saturated rings. The molecule has 6 nitrogen and oxygen atoms in total. The maximum absolute atomic E-state index is 12.5. The Morgan fingerprint density at radius 3 is 2.57 bits per heavy atom. The minimum atomic E-state index is -1.05. The highest BCUT2D eigenvalue weighted by molar-refractivity contribution is 5.81. The van der Waals surface area contributed by atoms with Crippen LogP contribution in [0.25, 0.3) is 0 Å². The second kappa shape index (κ2) is 5.48. The van der Waals surface area contributed by atoms with Gasteiger partial charge in [0.25, 0.3) is 0 Å². The molecule has 2 aliphatic rings. The lowest BCUT2D eigenvalue weighted by molar-refractivity contribution is -0.146. The summed E-state index contributed by atoms with van der Waals surface area (Å²) in [6.07, 6.45) is 2.73. The lowest BCUT2D eigenvalue weighted by atomic mass is 9.83. The normalized spacial score (nSPS) is 33.2. The number of carboxylic acid groups (broad SMARTS) is 1. The molecule has 0 radical (unpaired) electrons. The minimum absolute atomic E-state index is 0.0291. The second-order valence-corrected chi connectivity index (χ2v) is 7.16. The van der Waals surface area contributed by atoms with Crippen LogP contribution in [0.15, 0.2) is 0 Å². The van der Waals surface area contributed by atoms with Gasteiger partial charge in [-0.15, -0.1) is 0 Å². The number of hydrogen-bond donors (Lipinski definition) is 1. The van der Waals surface area contributed by atoms with Crippen molar-refractivity contribution >= 4 is 12.1 Å². The average Bonchev–Trinajstić information content (AvgIpc) is 2.65. The summed E-state index contributed by atoms with van der Waals surface area (Å²) in [5, 5.41) is 9.38. The molecule has 2 rings (SSSR count). The summed E-state index contributed by atoms with van der Waals surface area (Å²) in [5.41, 5.74) is -1.48. The molecule has 0 bridgehead atoms.